The molecule has 1 aromatic heterocycles. The van der Waals surface area contributed by atoms with E-state index < -0.39 is 26.6 Å². The molecule has 0 aliphatic rings. The number of carbonyl (C=O) groups excluding carboxylic acids is 1. The van der Waals surface area contributed by atoms with Gasteiger partial charge in [-0.15, -0.1) is 0 Å². The number of amides is 1. The van der Waals surface area contributed by atoms with Crippen LogP contribution in [0.4, 0.5) is 10.1 Å². The summed E-state index contributed by atoms with van der Waals surface area (Å²) in [7, 11) is -2.44. The number of hydrogen-bond acceptors (Lipinski definition) is 4. The maximum Gasteiger partial charge on any atom is 0.273 e. The van der Waals surface area contributed by atoms with Gasteiger partial charge in [0.1, 0.15) is 11.5 Å². The topological polar surface area (TPSA) is 107 Å². The van der Waals surface area contributed by atoms with E-state index in [4.69, 9.17) is 5.14 Å². The number of anilines is 1. The summed E-state index contributed by atoms with van der Waals surface area (Å²) in [5.74, 6) is -1.37. The van der Waals surface area contributed by atoms with Gasteiger partial charge in [0.2, 0.25) is 10.0 Å². The highest BCUT2D eigenvalue weighted by Gasteiger charge is 2.14. The molecule has 0 spiro atoms. The van der Waals surface area contributed by atoms with Crippen LogP contribution in [0.1, 0.15) is 10.5 Å². The van der Waals surface area contributed by atoms with Gasteiger partial charge >= 0.3 is 0 Å². The minimum atomic E-state index is -4.05. The quantitative estimate of drug-likeness (QED) is 0.858. The van der Waals surface area contributed by atoms with E-state index in [2.05, 4.69) is 10.3 Å². The van der Waals surface area contributed by atoms with E-state index in [0.29, 0.717) is 0 Å². The van der Waals surface area contributed by atoms with Crippen LogP contribution in [0.2, 0.25) is 0 Å². The summed E-state index contributed by atoms with van der Waals surface area (Å²) in [6.45, 7) is 0. The van der Waals surface area contributed by atoms with Gasteiger partial charge in [0, 0.05) is 12.7 Å². The smallest absolute Gasteiger partial charge is 0.273 e. The summed E-state index contributed by atoms with van der Waals surface area (Å²) in [5.41, 5.74) is 0.228. The third-order valence-corrected chi connectivity index (χ3v) is 3.40. The van der Waals surface area contributed by atoms with E-state index >= 15 is 0 Å². The lowest BCUT2D eigenvalue weighted by molar-refractivity contribution is 0.101. The Bertz CT molecular complexity index is 770. The first-order valence-electron chi connectivity index (χ1n) is 5.38. The van der Waals surface area contributed by atoms with Crippen LogP contribution in [-0.2, 0) is 17.1 Å². The third kappa shape index (κ3) is 3.00. The van der Waals surface area contributed by atoms with Gasteiger partial charge in [-0.1, -0.05) is 0 Å². The summed E-state index contributed by atoms with van der Waals surface area (Å²) in [4.78, 5) is 15.2. The summed E-state index contributed by atoms with van der Waals surface area (Å²) in [6, 6.07) is 2.84. The van der Waals surface area contributed by atoms with Gasteiger partial charge in [0.15, 0.2) is 0 Å². The SMILES string of the molecule is Cn1cncc1C(=O)Nc1cc(F)cc(S(N)(=O)=O)c1. The van der Waals surface area contributed by atoms with E-state index in [9.17, 15) is 17.6 Å². The van der Waals surface area contributed by atoms with Crippen molar-refractivity contribution in [2.75, 3.05) is 5.32 Å². The zero-order valence-electron chi connectivity index (χ0n) is 10.4. The molecule has 0 radical (unpaired) electrons. The molecule has 1 heterocycles. The van der Waals surface area contributed by atoms with Crippen molar-refractivity contribution in [2.24, 2.45) is 12.2 Å². The Kier molecular flexibility index (Phi) is 3.55. The van der Waals surface area contributed by atoms with Crippen molar-refractivity contribution in [3.8, 4) is 0 Å². The number of nitrogens with zero attached hydrogens (tertiary/aromatic N) is 2. The molecule has 106 valence electrons. The van der Waals surface area contributed by atoms with E-state index in [1.165, 1.54) is 17.1 Å². The number of aryl methyl sites for hydroxylation is 1. The molecule has 20 heavy (non-hydrogen) atoms. The molecule has 1 amide bonds. The lowest BCUT2D eigenvalue weighted by Crippen LogP contribution is -2.17. The van der Waals surface area contributed by atoms with Gasteiger partial charge in [-0.2, -0.15) is 0 Å². The molecule has 0 unspecified atom stereocenters. The molecule has 9 heteroatoms. The lowest BCUT2D eigenvalue weighted by Gasteiger charge is -2.07. The third-order valence-electron chi connectivity index (χ3n) is 2.51. The monoisotopic (exact) mass is 298 g/mol. The van der Waals surface area contributed by atoms with Gasteiger partial charge in [-0.25, -0.2) is 22.9 Å². The average molecular weight is 298 g/mol. The summed E-state index contributed by atoms with van der Waals surface area (Å²) in [6.07, 6.45) is 2.76. The van der Waals surface area contributed by atoms with Crippen molar-refractivity contribution >= 4 is 21.6 Å². The Balaban J connectivity index is 2.33. The van der Waals surface area contributed by atoms with E-state index in [-0.39, 0.29) is 11.4 Å². The first-order chi connectivity index (χ1) is 9.27. The fraction of sp³-hybridized carbons (Fsp3) is 0.0909. The molecule has 0 saturated heterocycles. The molecule has 2 aromatic rings. The Morgan fingerprint density at radius 2 is 2.10 bits per heavy atom. The number of rotatable bonds is 3. The molecule has 0 bridgehead atoms. The number of halogens is 1. The minimum Gasteiger partial charge on any atom is -0.330 e. The van der Waals surface area contributed by atoms with Crippen molar-refractivity contribution in [3.05, 3.63) is 42.2 Å². The second-order valence-electron chi connectivity index (χ2n) is 4.06. The van der Waals surface area contributed by atoms with Crippen LogP contribution >= 0.6 is 0 Å². The van der Waals surface area contributed by atoms with Crippen molar-refractivity contribution in [1.29, 1.82) is 0 Å². The summed E-state index contributed by atoms with van der Waals surface area (Å²) in [5, 5.41) is 7.30. The Morgan fingerprint density at radius 1 is 1.40 bits per heavy atom. The summed E-state index contributed by atoms with van der Waals surface area (Å²) >= 11 is 0. The number of carbonyl (C=O) groups is 1. The average Bonchev–Trinajstić information content (AvgIpc) is 2.73. The molecular weight excluding hydrogens is 287 g/mol. The van der Waals surface area contributed by atoms with Gasteiger partial charge in [-0.3, -0.25) is 4.79 Å². The molecule has 0 saturated carbocycles. The second-order valence-corrected chi connectivity index (χ2v) is 5.63. The van der Waals surface area contributed by atoms with Gasteiger partial charge < -0.3 is 9.88 Å². The largest absolute Gasteiger partial charge is 0.330 e. The zero-order valence-corrected chi connectivity index (χ0v) is 11.2. The fourth-order valence-corrected chi connectivity index (χ4v) is 2.14. The highest BCUT2D eigenvalue weighted by atomic mass is 32.2. The molecule has 3 N–H and O–H groups in total. The highest BCUT2D eigenvalue weighted by molar-refractivity contribution is 7.89. The van der Waals surface area contributed by atoms with E-state index in [0.717, 1.165) is 18.2 Å². The number of nitrogens with one attached hydrogen (secondary N) is 1. The van der Waals surface area contributed by atoms with Crippen LogP contribution in [0, 0.1) is 5.82 Å². The van der Waals surface area contributed by atoms with Crippen molar-refractivity contribution in [1.82, 2.24) is 9.55 Å². The molecule has 0 aliphatic carbocycles. The van der Waals surface area contributed by atoms with Crippen molar-refractivity contribution < 1.29 is 17.6 Å². The number of primary sulfonamides is 1. The van der Waals surface area contributed by atoms with Crippen molar-refractivity contribution in [2.45, 2.75) is 4.90 Å². The van der Waals surface area contributed by atoms with E-state index in [1.54, 1.807) is 7.05 Å². The molecule has 2 rings (SSSR count). The van der Waals surface area contributed by atoms with Crippen LogP contribution in [-0.4, -0.2) is 23.9 Å². The number of nitrogens with two attached hydrogens (primary N) is 1. The predicted molar refractivity (Wildman–Crippen MR) is 68.9 cm³/mol. The van der Waals surface area contributed by atoms with Crippen LogP contribution in [0.15, 0.2) is 35.6 Å². The maximum atomic E-state index is 13.3. The van der Waals surface area contributed by atoms with Crippen LogP contribution < -0.4 is 10.5 Å². The lowest BCUT2D eigenvalue weighted by atomic mass is 10.3. The molecule has 1 aromatic carbocycles. The molecule has 0 aliphatic heterocycles. The summed E-state index contributed by atoms with van der Waals surface area (Å²) < 4.78 is 37.2. The Morgan fingerprint density at radius 3 is 2.65 bits per heavy atom. The van der Waals surface area contributed by atoms with Crippen LogP contribution in [0.3, 0.4) is 0 Å². The highest BCUT2D eigenvalue weighted by Crippen LogP contribution is 2.18. The van der Waals surface area contributed by atoms with Crippen molar-refractivity contribution in [3.63, 3.8) is 0 Å². The zero-order chi connectivity index (χ0) is 14.9. The standard InChI is InChI=1S/C11H11FN4O3S/c1-16-6-14-5-10(16)11(17)15-8-2-7(12)3-9(4-8)20(13,18)19/h2-6H,1H3,(H,15,17)(H2,13,18,19). The Labute approximate surface area is 114 Å². The Hall–Kier alpha value is -2.26. The van der Waals surface area contributed by atoms with Gasteiger partial charge in [0.25, 0.3) is 5.91 Å². The van der Waals surface area contributed by atoms with E-state index in [1.807, 2.05) is 0 Å². The fourth-order valence-electron chi connectivity index (χ4n) is 1.57. The predicted octanol–water partition coefficient (Wildman–Crippen LogP) is 0.459. The normalized spacial score (nSPS) is 11.3. The first kappa shape index (κ1) is 14.2. The molecule has 7 nitrogen and oxygen atoms in total. The van der Waals surface area contributed by atoms with Crippen LogP contribution in [0.25, 0.3) is 0 Å². The van der Waals surface area contributed by atoms with Gasteiger partial charge in [0.05, 0.1) is 17.4 Å². The maximum absolute atomic E-state index is 13.3. The molecule has 0 fully saturated rings. The molecular formula is C11H11FN4O3S. The minimum absolute atomic E-state index is 0.0137. The number of aromatic nitrogens is 2. The second kappa shape index (κ2) is 5.02. The number of imidazole rings is 1. The first-order valence-corrected chi connectivity index (χ1v) is 6.93. The van der Waals surface area contributed by atoms with Gasteiger partial charge in [-0.05, 0) is 18.2 Å². The number of sulfonamides is 1. The number of hydrogen-bond donors (Lipinski definition) is 2. The molecule has 0 atom stereocenters. The number of benzene rings is 1. The van der Waals surface area contributed by atoms with Crippen LogP contribution in [0.5, 0.6) is 0 Å².